The second-order valence-electron chi connectivity index (χ2n) is 3.86. The van der Waals surface area contributed by atoms with Gasteiger partial charge in [-0.1, -0.05) is 35.5 Å². The number of rotatable bonds is 3. The van der Waals surface area contributed by atoms with Crippen molar-refractivity contribution in [3.63, 3.8) is 0 Å². The second-order valence-corrected chi connectivity index (χ2v) is 5.04. The number of fused-ring (bicyclic) bond motifs is 1. The maximum Gasteiger partial charge on any atom is 0.172 e. The zero-order chi connectivity index (χ0) is 13.1. The number of hydrogen-bond acceptors (Lipinski definition) is 3. The number of para-hydroxylation sites is 1. The maximum atomic E-state index is 11.9. The molecule has 94 valence electrons. The normalized spacial score (nSPS) is 13.1. The lowest BCUT2D eigenvalue weighted by Crippen LogP contribution is -1.89. The fraction of sp³-hybridized carbons (Fsp3) is 0. The largest absolute Gasteiger partial charge is 0.356 e. The Kier molecular flexibility index (Phi) is 3.20. The molecule has 0 amide bonds. The van der Waals surface area contributed by atoms with E-state index >= 15 is 0 Å². The maximum absolute atomic E-state index is 11.9. The molecule has 3 aromatic rings. The van der Waals surface area contributed by atoms with Crippen LogP contribution in [-0.4, -0.2) is 15.6 Å². The van der Waals surface area contributed by atoms with Gasteiger partial charge in [-0.05, 0) is 24.3 Å². The average Bonchev–Trinajstić information content (AvgIpc) is 2.89. The van der Waals surface area contributed by atoms with Crippen LogP contribution in [0.4, 0.5) is 0 Å². The van der Waals surface area contributed by atoms with Crippen molar-refractivity contribution < 1.29 is 8.73 Å². The molecule has 4 nitrogen and oxygen atoms in total. The molecule has 0 aliphatic rings. The van der Waals surface area contributed by atoms with E-state index in [1.54, 1.807) is 12.1 Å². The molecule has 0 radical (unpaired) electrons. The summed E-state index contributed by atoms with van der Waals surface area (Å²) in [5, 5.41) is 4.76. The molecule has 0 aliphatic carbocycles. The zero-order valence-electron chi connectivity index (χ0n) is 9.89. The molecular formula is C14H10N2O2S. The minimum absolute atomic E-state index is 0.583. The summed E-state index contributed by atoms with van der Waals surface area (Å²) in [6, 6.07) is 16.6. The van der Waals surface area contributed by atoms with Crippen LogP contribution in [-0.2, 0) is 11.0 Å². The second kappa shape index (κ2) is 5.16. The first-order valence-corrected chi connectivity index (χ1v) is 6.81. The van der Waals surface area contributed by atoms with Crippen molar-refractivity contribution in [2.75, 3.05) is 0 Å². The molecule has 0 bridgehead atoms. The van der Waals surface area contributed by atoms with E-state index < -0.39 is 11.0 Å². The molecule has 1 heterocycles. The van der Waals surface area contributed by atoms with Gasteiger partial charge >= 0.3 is 0 Å². The molecule has 2 aromatic carbocycles. The topological polar surface area (TPSA) is 55.5 Å². The van der Waals surface area contributed by atoms with E-state index in [1.807, 2.05) is 42.5 Å². The molecule has 0 aliphatic heterocycles. The van der Waals surface area contributed by atoms with Crippen LogP contribution < -0.4 is 0 Å². The van der Waals surface area contributed by atoms with Gasteiger partial charge in [-0.3, -0.25) is 0 Å². The fourth-order valence-electron chi connectivity index (χ4n) is 1.69. The Balaban J connectivity index is 1.89. The molecule has 0 spiro atoms. The van der Waals surface area contributed by atoms with Gasteiger partial charge in [-0.25, -0.2) is 4.21 Å². The van der Waals surface area contributed by atoms with E-state index in [-0.39, 0.29) is 0 Å². The number of hydrogen-bond donors (Lipinski definition) is 0. The van der Waals surface area contributed by atoms with Crippen LogP contribution in [0.3, 0.4) is 0 Å². The number of nitrogens with zero attached hydrogens (tertiary/aromatic N) is 2. The fourth-order valence-corrected chi connectivity index (χ4v) is 2.40. The molecule has 1 atom stereocenters. The van der Waals surface area contributed by atoms with Crippen LogP contribution in [0.1, 0.15) is 5.69 Å². The van der Waals surface area contributed by atoms with Gasteiger partial charge in [0, 0.05) is 0 Å². The minimum Gasteiger partial charge on any atom is -0.356 e. The van der Waals surface area contributed by atoms with Crippen molar-refractivity contribution in [3.8, 4) is 0 Å². The monoisotopic (exact) mass is 270 g/mol. The van der Waals surface area contributed by atoms with Crippen molar-refractivity contribution in [1.82, 2.24) is 5.16 Å². The highest BCUT2D eigenvalue weighted by atomic mass is 32.2. The summed E-state index contributed by atoms with van der Waals surface area (Å²) in [6.45, 7) is 0. The highest BCUT2D eigenvalue weighted by Gasteiger charge is 2.05. The van der Waals surface area contributed by atoms with Crippen LogP contribution in [0.25, 0.3) is 11.0 Å². The first-order valence-electron chi connectivity index (χ1n) is 5.70. The molecule has 1 aromatic heterocycles. The number of benzene rings is 2. The van der Waals surface area contributed by atoms with Crippen molar-refractivity contribution in [2.24, 2.45) is 4.40 Å². The first kappa shape index (κ1) is 11.8. The van der Waals surface area contributed by atoms with Crippen LogP contribution in [0.15, 0.2) is 68.4 Å². The smallest absolute Gasteiger partial charge is 0.172 e. The summed E-state index contributed by atoms with van der Waals surface area (Å²) in [5.41, 5.74) is 1.27. The molecular weight excluding hydrogens is 260 g/mol. The van der Waals surface area contributed by atoms with E-state index in [0.717, 1.165) is 5.39 Å². The van der Waals surface area contributed by atoms with Gasteiger partial charge < -0.3 is 4.52 Å². The van der Waals surface area contributed by atoms with Gasteiger partial charge in [-0.15, -0.1) is 0 Å². The van der Waals surface area contributed by atoms with Crippen LogP contribution in [0.5, 0.6) is 0 Å². The SMILES string of the molecule is O=S(/N=C/c1noc2ccccc12)c1ccccc1. The Hall–Kier alpha value is -2.27. The van der Waals surface area contributed by atoms with Gasteiger partial charge in [0.1, 0.15) is 5.69 Å². The molecule has 0 N–H and O–H groups in total. The van der Waals surface area contributed by atoms with Crippen molar-refractivity contribution in [2.45, 2.75) is 4.90 Å². The highest BCUT2D eigenvalue weighted by Crippen LogP contribution is 2.16. The summed E-state index contributed by atoms with van der Waals surface area (Å²) < 4.78 is 21.1. The van der Waals surface area contributed by atoms with Gasteiger partial charge in [0.15, 0.2) is 16.6 Å². The third kappa shape index (κ3) is 2.46. The van der Waals surface area contributed by atoms with E-state index in [9.17, 15) is 4.21 Å². The summed E-state index contributed by atoms with van der Waals surface area (Å²) in [7, 11) is -1.42. The molecule has 0 saturated carbocycles. The molecule has 5 heteroatoms. The average molecular weight is 270 g/mol. The lowest BCUT2D eigenvalue weighted by Gasteiger charge is -1.93. The Morgan fingerprint density at radius 3 is 2.63 bits per heavy atom. The quantitative estimate of drug-likeness (QED) is 0.687. The van der Waals surface area contributed by atoms with Crippen LogP contribution in [0.2, 0.25) is 0 Å². The van der Waals surface area contributed by atoms with Gasteiger partial charge in [0.25, 0.3) is 0 Å². The van der Waals surface area contributed by atoms with Crippen LogP contribution in [0, 0.1) is 0 Å². The molecule has 0 fully saturated rings. The molecule has 1 unspecified atom stereocenters. The van der Waals surface area contributed by atoms with Crippen molar-refractivity contribution in [1.29, 1.82) is 0 Å². The third-order valence-electron chi connectivity index (χ3n) is 2.62. The van der Waals surface area contributed by atoms with Crippen molar-refractivity contribution >= 4 is 28.2 Å². The van der Waals surface area contributed by atoms with Crippen LogP contribution >= 0.6 is 0 Å². The van der Waals surface area contributed by atoms with E-state index in [0.29, 0.717) is 16.2 Å². The lowest BCUT2D eigenvalue weighted by molar-refractivity contribution is 0.455. The van der Waals surface area contributed by atoms with Crippen molar-refractivity contribution in [3.05, 3.63) is 60.3 Å². The van der Waals surface area contributed by atoms with E-state index in [2.05, 4.69) is 9.55 Å². The third-order valence-corrected chi connectivity index (χ3v) is 3.59. The summed E-state index contributed by atoms with van der Waals surface area (Å²) >= 11 is 0. The Morgan fingerprint density at radius 2 is 1.79 bits per heavy atom. The first-order chi connectivity index (χ1) is 9.34. The Labute approximate surface area is 112 Å². The Morgan fingerprint density at radius 1 is 1.05 bits per heavy atom. The number of aromatic nitrogens is 1. The minimum atomic E-state index is -1.42. The highest BCUT2D eigenvalue weighted by molar-refractivity contribution is 7.83. The Bertz CT molecular complexity index is 750. The van der Waals surface area contributed by atoms with Gasteiger partial charge in [0.05, 0.1) is 16.5 Å². The summed E-state index contributed by atoms with van der Waals surface area (Å²) in [6.07, 6.45) is 1.48. The van der Waals surface area contributed by atoms with E-state index in [4.69, 9.17) is 4.52 Å². The van der Waals surface area contributed by atoms with Gasteiger partial charge in [0.2, 0.25) is 0 Å². The summed E-state index contributed by atoms with van der Waals surface area (Å²) in [4.78, 5) is 0.659. The van der Waals surface area contributed by atoms with Gasteiger partial charge in [-0.2, -0.15) is 4.40 Å². The summed E-state index contributed by atoms with van der Waals surface area (Å²) in [5.74, 6) is 0. The predicted octanol–water partition coefficient (Wildman–Crippen LogP) is 2.97. The molecule has 19 heavy (non-hydrogen) atoms. The standard InChI is InChI=1S/C14H10N2O2S/c17-19(11-6-2-1-3-7-11)15-10-13-12-8-4-5-9-14(12)18-16-13/h1-10H/b15-10+. The zero-order valence-corrected chi connectivity index (χ0v) is 10.7. The molecule has 3 rings (SSSR count). The predicted molar refractivity (Wildman–Crippen MR) is 74.5 cm³/mol. The molecule has 0 saturated heterocycles. The van der Waals surface area contributed by atoms with E-state index in [1.165, 1.54) is 6.21 Å². The lowest BCUT2D eigenvalue weighted by atomic mass is 10.2.